The number of pyridine rings is 1. The molecule has 17 heavy (non-hydrogen) atoms. The molecule has 3 aromatic rings. The first kappa shape index (κ1) is 9.84. The molecule has 2 aromatic heterocycles. The highest BCUT2D eigenvalue weighted by Gasteiger charge is 2.08. The van der Waals surface area contributed by atoms with E-state index in [1.807, 2.05) is 31.2 Å². The van der Waals surface area contributed by atoms with Crippen molar-refractivity contribution in [3.63, 3.8) is 0 Å². The molecule has 4 heteroatoms. The molecule has 0 aliphatic carbocycles. The van der Waals surface area contributed by atoms with Gasteiger partial charge in [-0.3, -0.25) is 0 Å². The quantitative estimate of drug-likeness (QED) is 0.691. The zero-order chi connectivity index (χ0) is 11.8. The summed E-state index contributed by atoms with van der Waals surface area (Å²) in [4.78, 5) is 8.46. The Morgan fingerprint density at radius 3 is 2.53 bits per heavy atom. The van der Waals surface area contributed by atoms with Crippen LogP contribution in [0.15, 0.2) is 40.8 Å². The Labute approximate surface area is 98.1 Å². The second-order valence-corrected chi connectivity index (χ2v) is 3.95. The number of nitrogens with zero attached hydrogens (tertiary/aromatic N) is 2. The van der Waals surface area contributed by atoms with Crippen LogP contribution in [0.5, 0.6) is 0 Å². The van der Waals surface area contributed by atoms with Gasteiger partial charge in [0, 0.05) is 5.56 Å². The predicted molar refractivity (Wildman–Crippen MR) is 66.4 cm³/mol. The van der Waals surface area contributed by atoms with E-state index in [-0.39, 0.29) is 0 Å². The average molecular weight is 225 g/mol. The largest absolute Gasteiger partial charge is 0.418 e. The van der Waals surface area contributed by atoms with Crippen molar-refractivity contribution >= 4 is 17.0 Å². The lowest BCUT2D eigenvalue weighted by atomic mass is 10.1. The van der Waals surface area contributed by atoms with E-state index < -0.39 is 0 Å². The molecule has 0 aliphatic rings. The number of benzene rings is 1. The second kappa shape index (κ2) is 3.59. The Kier molecular flexibility index (Phi) is 2.08. The molecule has 1 aromatic carbocycles. The highest BCUT2D eigenvalue weighted by atomic mass is 16.4. The van der Waals surface area contributed by atoms with Gasteiger partial charge in [-0.05, 0) is 31.2 Å². The molecule has 4 nitrogen and oxygen atoms in total. The Bertz CT molecular complexity index is 671. The minimum absolute atomic E-state index is 0.434. The number of hydrogen-bond donors (Lipinski definition) is 1. The summed E-state index contributed by atoms with van der Waals surface area (Å²) in [5.74, 6) is 1.00. The number of aryl methyl sites for hydroxylation is 1. The van der Waals surface area contributed by atoms with Crippen molar-refractivity contribution in [3.8, 4) is 11.5 Å². The molecule has 0 radical (unpaired) electrons. The van der Waals surface area contributed by atoms with Crippen molar-refractivity contribution in [1.82, 2.24) is 9.97 Å². The van der Waals surface area contributed by atoms with Crippen molar-refractivity contribution in [2.24, 2.45) is 0 Å². The van der Waals surface area contributed by atoms with Gasteiger partial charge in [0.2, 0.25) is 11.6 Å². The maximum atomic E-state index is 5.59. The summed E-state index contributed by atoms with van der Waals surface area (Å²) in [6, 6.07) is 11.5. The van der Waals surface area contributed by atoms with Crippen molar-refractivity contribution in [2.45, 2.75) is 6.92 Å². The van der Waals surface area contributed by atoms with Gasteiger partial charge in [0.25, 0.3) is 0 Å². The van der Waals surface area contributed by atoms with Crippen LogP contribution in [0.3, 0.4) is 0 Å². The van der Waals surface area contributed by atoms with Crippen LogP contribution in [0.2, 0.25) is 0 Å². The Morgan fingerprint density at radius 1 is 1.00 bits per heavy atom. The number of nitrogen functional groups attached to an aromatic ring is 1. The minimum atomic E-state index is 0.434. The number of fused-ring (bicyclic) bond motifs is 1. The van der Waals surface area contributed by atoms with Crippen LogP contribution in [0.1, 0.15) is 5.56 Å². The number of nitrogens with two attached hydrogens (primary N) is 1. The summed E-state index contributed by atoms with van der Waals surface area (Å²) >= 11 is 0. The molecule has 0 unspecified atom stereocenters. The van der Waals surface area contributed by atoms with Gasteiger partial charge < -0.3 is 10.2 Å². The topological polar surface area (TPSA) is 64.9 Å². The number of aromatic nitrogens is 2. The summed E-state index contributed by atoms with van der Waals surface area (Å²) in [5.41, 5.74) is 8.92. The van der Waals surface area contributed by atoms with Crippen LogP contribution in [0, 0.1) is 6.92 Å². The van der Waals surface area contributed by atoms with Crippen LogP contribution in [-0.4, -0.2) is 9.97 Å². The van der Waals surface area contributed by atoms with Gasteiger partial charge in [0.05, 0.1) is 0 Å². The van der Waals surface area contributed by atoms with Gasteiger partial charge in [-0.15, -0.1) is 0 Å². The zero-order valence-corrected chi connectivity index (χ0v) is 9.34. The predicted octanol–water partition coefficient (Wildman–Crippen LogP) is 2.78. The standard InChI is InChI=1S/C13H11N3O/c1-8-2-4-9(5-3-8)12-15-10-6-7-11(14)16-13(10)17-12/h2-7H,1H3,(H2,14,16). The molecule has 0 saturated heterocycles. The van der Waals surface area contributed by atoms with E-state index in [4.69, 9.17) is 10.2 Å². The van der Waals surface area contributed by atoms with Crippen molar-refractivity contribution in [1.29, 1.82) is 0 Å². The van der Waals surface area contributed by atoms with Gasteiger partial charge in [-0.1, -0.05) is 17.7 Å². The van der Waals surface area contributed by atoms with Crippen LogP contribution in [-0.2, 0) is 0 Å². The van der Waals surface area contributed by atoms with E-state index in [1.54, 1.807) is 12.1 Å². The first-order chi connectivity index (χ1) is 8.22. The summed E-state index contributed by atoms with van der Waals surface area (Å²) < 4.78 is 5.57. The molecule has 0 fully saturated rings. The van der Waals surface area contributed by atoms with Crippen LogP contribution in [0.25, 0.3) is 22.7 Å². The lowest BCUT2D eigenvalue weighted by Crippen LogP contribution is -1.87. The smallest absolute Gasteiger partial charge is 0.249 e. The first-order valence-electron chi connectivity index (χ1n) is 5.32. The molecule has 0 spiro atoms. The molecule has 0 bridgehead atoms. The SMILES string of the molecule is Cc1ccc(-c2nc3ccc(N)nc3o2)cc1. The summed E-state index contributed by atoms with van der Waals surface area (Å²) in [5, 5.41) is 0. The van der Waals surface area contributed by atoms with Gasteiger partial charge >= 0.3 is 0 Å². The third kappa shape index (κ3) is 1.73. The van der Waals surface area contributed by atoms with Gasteiger partial charge in [0.15, 0.2) is 0 Å². The summed E-state index contributed by atoms with van der Waals surface area (Å²) in [7, 11) is 0. The van der Waals surface area contributed by atoms with E-state index in [2.05, 4.69) is 9.97 Å². The molecule has 2 N–H and O–H groups in total. The van der Waals surface area contributed by atoms with Crippen LogP contribution in [0.4, 0.5) is 5.82 Å². The molecule has 84 valence electrons. The molecular formula is C13H11N3O. The van der Waals surface area contributed by atoms with E-state index in [0.717, 1.165) is 11.1 Å². The van der Waals surface area contributed by atoms with E-state index in [1.165, 1.54) is 5.56 Å². The molecule has 0 atom stereocenters. The summed E-state index contributed by atoms with van der Waals surface area (Å²) in [6.45, 7) is 2.04. The fraction of sp³-hybridized carbons (Fsp3) is 0.0769. The molecule has 2 heterocycles. The van der Waals surface area contributed by atoms with Gasteiger partial charge in [-0.2, -0.15) is 4.98 Å². The van der Waals surface area contributed by atoms with Gasteiger partial charge in [0.1, 0.15) is 11.3 Å². The lowest BCUT2D eigenvalue weighted by molar-refractivity contribution is 0.608. The highest BCUT2D eigenvalue weighted by molar-refractivity contribution is 5.74. The maximum absolute atomic E-state index is 5.59. The molecular weight excluding hydrogens is 214 g/mol. The minimum Gasteiger partial charge on any atom is -0.418 e. The third-order valence-corrected chi connectivity index (χ3v) is 2.58. The molecule has 0 saturated carbocycles. The number of rotatable bonds is 1. The fourth-order valence-electron chi connectivity index (χ4n) is 1.65. The molecule has 0 aliphatic heterocycles. The zero-order valence-electron chi connectivity index (χ0n) is 9.34. The Morgan fingerprint density at radius 2 is 1.76 bits per heavy atom. The van der Waals surface area contributed by atoms with Crippen LogP contribution >= 0.6 is 0 Å². The normalized spacial score (nSPS) is 10.9. The number of hydrogen-bond acceptors (Lipinski definition) is 4. The fourth-order valence-corrected chi connectivity index (χ4v) is 1.65. The van der Waals surface area contributed by atoms with E-state index in [9.17, 15) is 0 Å². The lowest BCUT2D eigenvalue weighted by Gasteiger charge is -1.94. The second-order valence-electron chi connectivity index (χ2n) is 3.95. The average Bonchev–Trinajstić information content (AvgIpc) is 2.72. The van der Waals surface area contributed by atoms with E-state index >= 15 is 0 Å². The number of oxazole rings is 1. The maximum Gasteiger partial charge on any atom is 0.249 e. The Balaban J connectivity index is 2.14. The highest BCUT2D eigenvalue weighted by Crippen LogP contribution is 2.23. The summed E-state index contributed by atoms with van der Waals surface area (Å²) in [6.07, 6.45) is 0. The molecule has 3 rings (SSSR count). The first-order valence-corrected chi connectivity index (χ1v) is 5.32. The van der Waals surface area contributed by atoms with Crippen molar-refractivity contribution in [2.75, 3.05) is 5.73 Å². The van der Waals surface area contributed by atoms with Crippen LogP contribution < -0.4 is 5.73 Å². The van der Waals surface area contributed by atoms with Crippen molar-refractivity contribution in [3.05, 3.63) is 42.0 Å². The number of anilines is 1. The van der Waals surface area contributed by atoms with Gasteiger partial charge in [-0.25, -0.2) is 4.98 Å². The van der Waals surface area contributed by atoms with Crippen molar-refractivity contribution < 1.29 is 4.42 Å². The monoisotopic (exact) mass is 225 g/mol. The van der Waals surface area contributed by atoms with E-state index in [0.29, 0.717) is 17.4 Å². The molecule has 0 amide bonds. The Hall–Kier alpha value is -2.36. The third-order valence-electron chi connectivity index (χ3n) is 2.58.